The molecule has 2 rings (SSSR count). The fourth-order valence-corrected chi connectivity index (χ4v) is 2.58. The fraction of sp³-hybridized carbons (Fsp3) is 0.529. The normalized spacial score (nSPS) is 13.9. The van der Waals surface area contributed by atoms with Gasteiger partial charge in [0, 0.05) is 11.4 Å². The zero-order valence-electron chi connectivity index (χ0n) is 14.7. The number of aryl methyl sites for hydroxylation is 1. The summed E-state index contributed by atoms with van der Waals surface area (Å²) in [5.41, 5.74) is 1.65. The Morgan fingerprint density at radius 2 is 2.00 bits per heavy atom. The maximum absolute atomic E-state index is 12.5. The number of pyridine rings is 1. The first-order valence-corrected chi connectivity index (χ1v) is 8.14. The Balaban J connectivity index is 2.36. The lowest BCUT2D eigenvalue weighted by Crippen LogP contribution is -2.45. The third kappa shape index (κ3) is 3.39. The van der Waals surface area contributed by atoms with Crippen LogP contribution in [0.15, 0.2) is 12.3 Å². The van der Waals surface area contributed by atoms with Gasteiger partial charge in [-0.1, -0.05) is 20.3 Å². The van der Waals surface area contributed by atoms with Crippen molar-refractivity contribution in [1.29, 1.82) is 0 Å². The summed E-state index contributed by atoms with van der Waals surface area (Å²) in [7, 11) is 0. The number of fused-ring (bicyclic) bond motifs is 1. The molecule has 0 bridgehead atoms. The second-order valence-corrected chi connectivity index (χ2v) is 6.39. The molecule has 0 fully saturated rings. The Morgan fingerprint density at radius 3 is 2.54 bits per heavy atom. The number of carbonyl (C=O) groups is 2. The van der Waals surface area contributed by atoms with E-state index in [2.05, 4.69) is 15.4 Å². The summed E-state index contributed by atoms with van der Waals surface area (Å²) >= 11 is 0. The van der Waals surface area contributed by atoms with Gasteiger partial charge in [-0.05, 0) is 32.8 Å². The van der Waals surface area contributed by atoms with Crippen molar-refractivity contribution >= 4 is 22.9 Å². The molecule has 2 heterocycles. The minimum absolute atomic E-state index is 0.160. The standard InChI is InChI=1S/C17H24N4O3/c1-6-10(4)14(17(23)24)20-16(22)13-7-12-8-18-21(9(2)3)15(12)19-11(13)5/h7-10,14H,6H2,1-5H3,(H,20,22)(H,23,24). The molecule has 7 nitrogen and oxygen atoms in total. The average molecular weight is 332 g/mol. The first-order chi connectivity index (χ1) is 11.3. The van der Waals surface area contributed by atoms with E-state index in [1.165, 1.54) is 0 Å². The lowest BCUT2D eigenvalue weighted by Gasteiger charge is -2.20. The van der Waals surface area contributed by atoms with E-state index >= 15 is 0 Å². The van der Waals surface area contributed by atoms with Crippen molar-refractivity contribution in [2.75, 3.05) is 0 Å². The van der Waals surface area contributed by atoms with Gasteiger partial charge in [0.05, 0.1) is 17.5 Å². The monoisotopic (exact) mass is 332 g/mol. The van der Waals surface area contributed by atoms with E-state index < -0.39 is 17.9 Å². The van der Waals surface area contributed by atoms with Gasteiger partial charge in [-0.2, -0.15) is 5.10 Å². The highest BCUT2D eigenvalue weighted by Crippen LogP contribution is 2.20. The molecule has 0 spiro atoms. The molecule has 1 amide bonds. The molecule has 7 heteroatoms. The first-order valence-electron chi connectivity index (χ1n) is 8.14. The van der Waals surface area contributed by atoms with Gasteiger partial charge in [0.25, 0.3) is 5.91 Å². The van der Waals surface area contributed by atoms with Crippen molar-refractivity contribution in [2.45, 2.75) is 53.1 Å². The Hall–Kier alpha value is -2.44. The molecule has 0 aromatic carbocycles. The van der Waals surface area contributed by atoms with Gasteiger partial charge in [-0.25, -0.2) is 14.5 Å². The van der Waals surface area contributed by atoms with E-state index in [1.54, 1.807) is 30.8 Å². The van der Waals surface area contributed by atoms with Crippen molar-refractivity contribution in [3.8, 4) is 0 Å². The SMILES string of the molecule is CCC(C)C(NC(=O)c1cc2cnn(C(C)C)c2nc1C)C(=O)O. The zero-order valence-corrected chi connectivity index (χ0v) is 14.7. The number of hydrogen-bond donors (Lipinski definition) is 2. The highest BCUT2D eigenvalue weighted by Gasteiger charge is 2.26. The van der Waals surface area contributed by atoms with Crippen LogP contribution in [0.4, 0.5) is 0 Å². The van der Waals surface area contributed by atoms with E-state index in [-0.39, 0.29) is 12.0 Å². The second-order valence-electron chi connectivity index (χ2n) is 6.39. The first kappa shape index (κ1) is 17.9. The topological polar surface area (TPSA) is 97.1 Å². The number of nitrogens with zero attached hydrogens (tertiary/aromatic N) is 3. The molecule has 130 valence electrons. The number of rotatable bonds is 6. The highest BCUT2D eigenvalue weighted by molar-refractivity contribution is 6.00. The number of carbonyl (C=O) groups excluding carboxylic acids is 1. The third-order valence-corrected chi connectivity index (χ3v) is 4.26. The van der Waals surface area contributed by atoms with E-state index in [0.717, 1.165) is 11.0 Å². The largest absolute Gasteiger partial charge is 0.480 e. The van der Waals surface area contributed by atoms with Gasteiger partial charge >= 0.3 is 5.97 Å². The predicted octanol–water partition coefficient (Wildman–Crippen LogP) is 2.55. The second kappa shape index (κ2) is 6.98. The Bertz CT molecular complexity index is 767. The van der Waals surface area contributed by atoms with Crippen LogP contribution in [0, 0.1) is 12.8 Å². The van der Waals surface area contributed by atoms with Crippen LogP contribution in [-0.4, -0.2) is 37.8 Å². The van der Waals surface area contributed by atoms with Crippen molar-refractivity contribution in [1.82, 2.24) is 20.1 Å². The van der Waals surface area contributed by atoms with Gasteiger partial charge in [0.2, 0.25) is 0 Å². The van der Waals surface area contributed by atoms with Crippen LogP contribution in [0.25, 0.3) is 11.0 Å². The third-order valence-electron chi connectivity index (χ3n) is 4.26. The van der Waals surface area contributed by atoms with Gasteiger partial charge in [-0.15, -0.1) is 0 Å². The molecule has 0 saturated carbocycles. The van der Waals surface area contributed by atoms with Gasteiger partial charge in [0.15, 0.2) is 5.65 Å². The molecule has 0 aliphatic heterocycles. The summed E-state index contributed by atoms with van der Waals surface area (Å²) in [5, 5.41) is 17.0. The van der Waals surface area contributed by atoms with E-state index in [4.69, 9.17) is 0 Å². The van der Waals surface area contributed by atoms with Crippen molar-refractivity contribution in [3.63, 3.8) is 0 Å². The number of hydrogen-bond acceptors (Lipinski definition) is 4. The lowest BCUT2D eigenvalue weighted by molar-refractivity contribution is -0.140. The zero-order chi connectivity index (χ0) is 18.0. The van der Waals surface area contributed by atoms with E-state index in [9.17, 15) is 14.7 Å². The highest BCUT2D eigenvalue weighted by atomic mass is 16.4. The average Bonchev–Trinajstić information content (AvgIpc) is 2.93. The minimum Gasteiger partial charge on any atom is -0.480 e. The molecule has 24 heavy (non-hydrogen) atoms. The molecular weight excluding hydrogens is 308 g/mol. The molecule has 2 aromatic rings. The number of amides is 1. The van der Waals surface area contributed by atoms with Crippen LogP contribution in [0.1, 0.15) is 56.2 Å². The molecule has 0 aliphatic carbocycles. The molecule has 2 aromatic heterocycles. The van der Waals surface area contributed by atoms with Gasteiger partial charge < -0.3 is 10.4 Å². The smallest absolute Gasteiger partial charge is 0.326 e. The number of carboxylic acids is 1. The van der Waals surface area contributed by atoms with Crippen molar-refractivity contribution in [2.24, 2.45) is 5.92 Å². The maximum Gasteiger partial charge on any atom is 0.326 e. The Kier molecular flexibility index (Phi) is 5.21. The van der Waals surface area contributed by atoms with Gasteiger partial charge in [0.1, 0.15) is 6.04 Å². The molecule has 2 unspecified atom stereocenters. The summed E-state index contributed by atoms with van der Waals surface area (Å²) < 4.78 is 1.79. The summed E-state index contributed by atoms with van der Waals surface area (Å²) in [4.78, 5) is 28.4. The van der Waals surface area contributed by atoms with Crippen LogP contribution in [0.3, 0.4) is 0 Å². The van der Waals surface area contributed by atoms with Crippen molar-refractivity contribution < 1.29 is 14.7 Å². The summed E-state index contributed by atoms with van der Waals surface area (Å²) in [6, 6.07) is 0.959. The lowest BCUT2D eigenvalue weighted by atomic mass is 9.98. The molecule has 0 aliphatic rings. The number of nitrogens with one attached hydrogen (secondary N) is 1. The molecule has 2 atom stereocenters. The summed E-state index contributed by atoms with van der Waals surface area (Å²) in [5.74, 6) is -1.61. The van der Waals surface area contributed by atoms with Crippen LogP contribution in [0.5, 0.6) is 0 Å². The van der Waals surface area contributed by atoms with Crippen LogP contribution in [0.2, 0.25) is 0 Å². The molecule has 2 N–H and O–H groups in total. The van der Waals surface area contributed by atoms with Gasteiger partial charge in [-0.3, -0.25) is 4.79 Å². The van der Waals surface area contributed by atoms with E-state index in [1.807, 2.05) is 20.8 Å². The fourth-order valence-electron chi connectivity index (χ4n) is 2.58. The molecule has 0 radical (unpaired) electrons. The van der Waals surface area contributed by atoms with Crippen LogP contribution in [-0.2, 0) is 4.79 Å². The Labute approximate surface area is 141 Å². The summed E-state index contributed by atoms with van der Waals surface area (Å²) in [6.07, 6.45) is 2.33. The maximum atomic E-state index is 12.5. The molecule has 0 saturated heterocycles. The number of aliphatic carboxylic acids is 1. The molecular formula is C17H24N4O3. The summed E-state index contributed by atoms with van der Waals surface area (Å²) in [6.45, 7) is 9.46. The predicted molar refractivity (Wildman–Crippen MR) is 91.0 cm³/mol. The number of carboxylic acid groups (broad SMARTS) is 1. The Morgan fingerprint density at radius 1 is 1.33 bits per heavy atom. The van der Waals surface area contributed by atoms with E-state index in [0.29, 0.717) is 17.7 Å². The van der Waals surface area contributed by atoms with Crippen LogP contribution < -0.4 is 5.32 Å². The van der Waals surface area contributed by atoms with Crippen LogP contribution >= 0.6 is 0 Å². The minimum atomic E-state index is -1.03. The van der Waals surface area contributed by atoms with Crippen molar-refractivity contribution in [3.05, 3.63) is 23.5 Å². The number of aromatic nitrogens is 3. The quantitative estimate of drug-likeness (QED) is 0.847.